The molecular formula is C15H20N2O3S. The summed E-state index contributed by atoms with van der Waals surface area (Å²) in [6.45, 7) is 1.22. The maximum atomic E-state index is 12.6. The maximum Gasteiger partial charge on any atom is 0.243 e. The number of aryl methyl sites for hydroxylation is 1. The molecule has 6 heteroatoms. The monoisotopic (exact) mass is 308 g/mol. The summed E-state index contributed by atoms with van der Waals surface area (Å²) >= 11 is 0. The molecule has 0 aliphatic carbocycles. The van der Waals surface area contributed by atoms with Crippen LogP contribution in [0.5, 0.6) is 0 Å². The van der Waals surface area contributed by atoms with Crippen LogP contribution in [0.3, 0.4) is 0 Å². The first kappa shape index (κ1) is 14.5. The molecule has 114 valence electrons. The van der Waals surface area contributed by atoms with Gasteiger partial charge in [-0.2, -0.15) is 4.31 Å². The van der Waals surface area contributed by atoms with Crippen LogP contribution in [0.15, 0.2) is 23.1 Å². The minimum Gasteiger partial charge on any atom is -0.315 e. The molecule has 0 bridgehead atoms. The topological polar surface area (TPSA) is 57.7 Å². The van der Waals surface area contributed by atoms with Crippen molar-refractivity contribution in [3.63, 3.8) is 0 Å². The zero-order valence-corrected chi connectivity index (χ0v) is 13.0. The summed E-state index contributed by atoms with van der Waals surface area (Å²) in [5, 5.41) is 0. The number of hydrogen-bond donors (Lipinski definition) is 0. The zero-order chi connectivity index (χ0) is 15.0. The number of benzene rings is 1. The molecule has 1 fully saturated rings. The van der Waals surface area contributed by atoms with Gasteiger partial charge in [0.15, 0.2) is 0 Å². The van der Waals surface area contributed by atoms with E-state index in [0.717, 1.165) is 36.9 Å². The number of fused-ring (bicyclic) bond motifs is 1. The predicted molar refractivity (Wildman–Crippen MR) is 80.8 cm³/mol. The number of carbonyl (C=O) groups excluding carboxylic acids is 1. The van der Waals surface area contributed by atoms with Crippen molar-refractivity contribution in [1.29, 1.82) is 0 Å². The van der Waals surface area contributed by atoms with Crippen LogP contribution < -0.4 is 4.90 Å². The van der Waals surface area contributed by atoms with Gasteiger partial charge < -0.3 is 4.90 Å². The van der Waals surface area contributed by atoms with Crippen LogP contribution in [0.1, 0.15) is 31.2 Å². The Morgan fingerprint density at radius 3 is 2.48 bits per heavy atom. The molecule has 1 aromatic carbocycles. The lowest BCUT2D eigenvalue weighted by Crippen LogP contribution is -2.28. The largest absolute Gasteiger partial charge is 0.315 e. The van der Waals surface area contributed by atoms with E-state index in [2.05, 4.69) is 0 Å². The van der Waals surface area contributed by atoms with Gasteiger partial charge >= 0.3 is 0 Å². The first-order valence-electron chi connectivity index (χ1n) is 7.40. The van der Waals surface area contributed by atoms with E-state index < -0.39 is 10.0 Å². The Bertz CT molecular complexity index is 663. The van der Waals surface area contributed by atoms with Gasteiger partial charge in [0.1, 0.15) is 0 Å². The van der Waals surface area contributed by atoms with E-state index in [-0.39, 0.29) is 5.91 Å². The first-order chi connectivity index (χ1) is 10.00. The van der Waals surface area contributed by atoms with E-state index in [4.69, 9.17) is 0 Å². The lowest BCUT2D eigenvalue weighted by atomic mass is 10.1. The molecular weight excluding hydrogens is 288 g/mol. The number of carbonyl (C=O) groups is 1. The molecule has 0 N–H and O–H groups in total. The maximum absolute atomic E-state index is 12.6. The van der Waals surface area contributed by atoms with Crippen LogP contribution in [0.4, 0.5) is 5.69 Å². The molecule has 1 amide bonds. The third-order valence-electron chi connectivity index (χ3n) is 4.33. The van der Waals surface area contributed by atoms with Crippen LogP contribution in [0.25, 0.3) is 0 Å². The van der Waals surface area contributed by atoms with Gasteiger partial charge in [-0.3, -0.25) is 4.79 Å². The van der Waals surface area contributed by atoms with Crippen molar-refractivity contribution in [2.75, 3.05) is 25.0 Å². The molecule has 1 aromatic rings. The minimum absolute atomic E-state index is 0.0869. The van der Waals surface area contributed by atoms with E-state index in [9.17, 15) is 13.2 Å². The Balaban J connectivity index is 1.99. The second kappa shape index (κ2) is 5.42. The van der Waals surface area contributed by atoms with Crippen molar-refractivity contribution >= 4 is 21.6 Å². The van der Waals surface area contributed by atoms with E-state index >= 15 is 0 Å². The van der Waals surface area contributed by atoms with Crippen LogP contribution >= 0.6 is 0 Å². The Morgan fingerprint density at radius 1 is 1.05 bits per heavy atom. The highest BCUT2D eigenvalue weighted by atomic mass is 32.2. The van der Waals surface area contributed by atoms with Gasteiger partial charge in [-0.25, -0.2) is 8.42 Å². The molecule has 2 aliphatic heterocycles. The Labute approximate surface area is 125 Å². The quantitative estimate of drug-likeness (QED) is 0.836. The lowest BCUT2D eigenvalue weighted by molar-refractivity contribution is -0.118. The van der Waals surface area contributed by atoms with Crippen LogP contribution in [0.2, 0.25) is 0 Å². The molecule has 5 nitrogen and oxygen atoms in total. The second-order valence-electron chi connectivity index (χ2n) is 5.71. The molecule has 21 heavy (non-hydrogen) atoms. The lowest BCUT2D eigenvalue weighted by Gasteiger charge is -2.20. The molecule has 0 atom stereocenters. The third kappa shape index (κ3) is 2.58. The van der Waals surface area contributed by atoms with Crippen LogP contribution in [-0.2, 0) is 21.2 Å². The molecule has 0 saturated carbocycles. The molecule has 0 unspecified atom stereocenters. The van der Waals surface area contributed by atoms with Gasteiger partial charge in [-0.1, -0.05) is 0 Å². The van der Waals surface area contributed by atoms with Gasteiger partial charge in [0, 0.05) is 32.2 Å². The summed E-state index contributed by atoms with van der Waals surface area (Å²) in [6, 6.07) is 5.14. The second-order valence-corrected chi connectivity index (χ2v) is 7.65. The van der Waals surface area contributed by atoms with Gasteiger partial charge in [-0.05, 0) is 49.4 Å². The molecule has 0 spiro atoms. The van der Waals surface area contributed by atoms with Crippen molar-refractivity contribution in [3.05, 3.63) is 23.8 Å². The third-order valence-corrected chi connectivity index (χ3v) is 6.22. The highest BCUT2D eigenvalue weighted by Gasteiger charge is 2.28. The van der Waals surface area contributed by atoms with Crippen LogP contribution in [0, 0.1) is 0 Å². The summed E-state index contributed by atoms with van der Waals surface area (Å²) in [6.07, 6.45) is 3.89. The van der Waals surface area contributed by atoms with E-state index in [1.54, 1.807) is 34.5 Å². The van der Waals surface area contributed by atoms with Gasteiger partial charge in [0.05, 0.1) is 4.90 Å². The van der Waals surface area contributed by atoms with E-state index in [1.165, 1.54) is 0 Å². The molecule has 1 saturated heterocycles. The summed E-state index contributed by atoms with van der Waals surface area (Å²) in [5.74, 6) is 0.0869. The molecule has 0 radical (unpaired) electrons. The Morgan fingerprint density at radius 2 is 1.76 bits per heavy atom. The number of hydrogen-bond acceptors (Lipinski definition) is 3. The average Bonchev–Trinajstić information content (AvgIpc) is 2.97. The minimum atomic E-state index is -3.39. The molecule has 3 rings (SSSR count). The normalized spacial score (nSPS) is 20.4. The van der Waals surface area contributed by atoms with Crippen molar-refractivity contribution in [2.24, 2.45) is 0 Å². The summed E-state index contributed by atoms with van der Waals surface area (Å²) in [7, 11) is -1.63. The zero-order valence-electron chi connectivity index (χ0n) is 12.2. The van der Waals surface area contributed by atoms with Gasteiger partial charge in [0.2, 0.25) is 15.9 Å². The predicted octanol–water partition coefficient (Wildman–Crippen LogP) is 1.77. The first-order valence-corrected chi connectivity index (χ1v) is 8.84. The van der Waals surface area contributed by atoms with Crippen molar-refractivity contribution < 1.29 is 13.2 Å². The standard InChI is InChI=1S/C15H20N2O3S/c1-16-14-8-7-13(11-12(14)5-4-6-15(16)18)21(19,20)17-9-2-3-10-17/h7-8,11H,2-6,9-10H2,1H3. The fourth-order valence-electron chi connectivity index (χ4n) is 3.06. The summed E-state index contributed by atoms with van der Waals surface area (Å²) in [5.41, 5.74) is 1.78. The Kier molecular flexibility index (Phi) is 3.75. The smallest absolute Gasteiger partial charge is 0.243 e. The number of sulfonamides is 1. The SMILES string of the molecule is CN1C(=O)CCCc2cc(S(=O)(=O)N3CCCC3)ccc21. The van der Waals surface area contributed by atoms with E-state index in [1.807, 2.05) is 0 Å². The number of nitrogens with zero attached hydrogens (tertiary/aromatic N) is 2. The molecule has 0 aromatic heterocycles. The number of anilines is 1. The Hall–Kier alpha value is -1.40. The number of amides is 1. The van der Waals surface area contributed by atoms with Crippen molar-refractivity contribution in [1.82, 2.24) is 4.31 Å². The highest BCUT2D eigenvalue weighted by molar-refractivity contribution is 7.89. The van der Waals surface area contributed by atoms with Crippen molar-refractivity contribution in [2.45, 2.75) is 37.0 Å². The number of rotatable bonds is 2. The molecule has 2 heterocycles. The highest BCUT2D eigenvalue weighted by Crippen LogP contribution is 2.30. The average molecular weight is 308 g/mol. The fraction of sp³-hybridized carbons (Fsp3) is 0.533. The summed E-state index contributed by atoms with van der Waals surface area (Å²) in [4.78, 5) is 13.9. The molecule has 2 aliphatic rings. The van der Waals surface area contributed by atoms with Crippen LogP contribution in [-0.4, -0.2) is 38.8 Å². The summed E-state index contributed by atoms with van der Waals surface area (Å²) < 4.78 is 26.8. The van der Waals surface area contributed by atoms with Gasteiger partial charge in [-0.15, -0.1) is 0 Å². The van der Waals surface area contributed by atoms with E-state index in [0.29, 0.717) is 24.4 Å². The van der Waals surface area contributed by atoms with Crippen molar-refractivity contribution in [3.8, 4) is 0 Å². The van der Waals surface area contributed by atoms with Gasteiger partial charge in [0.25, 0.3) is 0 Å². The fourth-order valence-corrected chi connectivity index (χ4v) is 4.63.